The molecule has 8 rings (SSSR count). The van der Waals surface area contributed by atoms with E-state index in [1.807, 2.05) is 0 Å². The monoisotopic (exact) mass is 780 g/mol. The highest BCUT2D eigenvalue weighted by Gasteiger charge is 2.79. The molecule has 13 nitrogen and oxygen atoms in total. The summed E-state index contributed by atoms with van der Waals surface area (Å²) < 4.78 is 31.2. The molecule has 0 amide bonds. The van der Waals surface area contributed by atoms with Crippen LogP contribution in [0.3, 0.4) is 0 Å². The zero-order valence-electron chi connectivity index (χ0n) is 33.7. The summed E-state index contributed by atoms with van der Waals surface area (Å²) in [5.74, 6) is 0.449. The van der Waals surface area contributed by atoms with Crippen molar-refractivity contribution in [3.8, 4) is 0 Å². The second kappa shape index (κ2) is 13.4. The molecular weight excluding hydrogens is 712 g/mol. The second-order valence-electron chi connectivity index (χ2n) is 21.0. The van der Waals surface area contributed by atoms with Gasteiger partial charge in [0, 0.05) is 22.2 Å². The fourth-order valence-electron chi connectivity index (χ4n) is 14.3. The van der Waals surface area contributed by atoms with Crippen LogP contribution in [0, 0.1) is 50.2 Å². The Morgan fingerprint density at radius 2 is 1.44 bits per heavy atom. The van der Waals surface area contributed by atoms with E-state index in [0.717, 1.165) is 38.5 Å². The van der Waals surface area contributed by atoms with Crippen molar-refractivity contribution in [1.29, 1.82) is 0 Å². The Labute approximate surface area is 325 Å². The van der Waals surface area contributed by atoms with Crippen LogP contribution in [-0.4, -0.2) is 140 Å². The maximum Gasteiger partial charge on any atom is 0.187 e. The van der Waals surface area contributed by atoms with Gasteiger partial charge in [-0.1, -0.05) is 53.7 Å². The van der Waals surface area contributed by atoms with Gasteiger partial charge in [-0.15, -0.1) is 0 Å². The molecule has 4 saturated carbocycles. The maximum absolute atomic E-state index is 12.1. The van der Waals surface area contributed by atoms with Gasteiger partial charge in [0.2, 0.25) is 0 Å². The molecule has 8 N–H and O–H groups in total. The van der Waals surface area contributed by atoms with Gasteiger partial charge in [0.1, 0.15) is 42.7 Å². The molecule has 55 heavy (non-hydrogen) atoms. The third-order valence-electron chi connectivity index (χ3n) is 17.9. The van der Waals surface area contributed by atoms with Gasteiger partial charge in [-0.3, -0.25) is 0 Å². The van der Waals surface area contributed by atoms with Crippen LogP contribution in [0.5, 0.6) is 0 Å². The van der Waals surface area contributed by atoms with Gasteiger partial charge in [-0.25, -0.2) is 0 Å². The van der Waals surface area contributed by atoms with Crippen LogP contribution < -0.4 is 0 Å². The van der Waals surface area contributed by atoms with Crippen molar-refractivity contribution in [3.63, 3.8) is 0 Å². The first-order valence-corrected chi connectivity index (χ1v) is 20.9. The first kappa shape index (κ1) is 41.0. The zero-order chi connectivity index (χ0) is 39.9. The number of aliphatic hydroxyl groups excluding tert-OH is 8. The topological polar surface area (TPSA) is 208 Å². The van der Waals surface area contributed by atoms with E-state index < -0.39 is 91.2 Å². The Morgan fingerprint density at radius 1 is 0.727 bits per heavy atom. The fourth-order valence-corrected chi connectivity index (χ4v) is 14.3. The third-order valence-corrected chi connectivity index (χ3v) is 17.9. The number of ether oxygens (including phenoxy) is 5. The number of fused-ring (bicyclic) bond motifs is 4. The lowest BCUT2D eigenvalue weighted by Crippen LogP contribution is -2.72. The van der Waals surface area contributed by atoms with E-state index in [9.17, 15) is 40.9 Å². The molecule has 314 valence electrons. The summed E-state index contributed by atoms with van der Waals surface area (Å²) in [7, 11) is 0. The molecular formula is C42H68O13. The Hall–Kier alpha value is -0.780. The Kier molecular flexibility index (Phi) is 9.95. The highest BCUT2D eigenvalue weighted by atomic mass is 16.7. The van der Waals surface area contributed by atoms with Gasteiger partial charge in [0.25, 0.3) is 0 Å². The molecule has 3 heterocycles. The average Bonchev–Trinajstić information content (AvgIpc) is 3.41. The summed E-state index contributed by atoms with van der Waals surface area (Å²) >= 11 is 0. The van der Waals surface area contributed by atoms with E-state index in [4.69, 9.17) is 23.7 Å². The normalized spacial score (nSPS) is 59.7. The molecule has 13 heteroatoms. The summed E-state index contributed by atoms with van der Waals surface area (Å²) in [6.07, 6.45) is -3.39. The summed E-state index contributed by atoms with van der Waals surface area (Å²) in [6, 6.07) is 0. The standard InChI is InChI=1S/C42H68O13/c1-21-28(46)33(55-34-31(49)30(48)29(47)22(18-43)53-34)32(50)35(52-21)54-27-10-11-37(4)23(38(27,5)19-44)8-12-39(6)24(37)9-13-42-25-16-36(2,3)14-15-41(25,20-51-42)26(45)17-40(39,42)7/h9,13,21-35,43-50H,8,10-12,14-20H2,1-7H3/t21-,22-,23-,24+,25+,26+,27+,28+,29-,30+,31-,32+,33-,34+,35+,37-,38+,39+,40+,41+,42-/m0/s1. The van der Waals surface area contributed by atoms with Crippen molar-refractivity contribution in [2.24, 2.45) is 50.2 Å². The van der Waals surface area contributed by atoms with Crippen molar-refractivity contribution in [1.82, 2.24) is 0 Å². The van der Waals surface area contributed by atoms with Crippen molar-refractivity contribution in [2.45, 2.75) is 179 Å². The van der Waals surface area contributed by atoms with E-state index in [-0.39, 0.29) is 51.4 Å². The van der Waals surface area contributed by atoms with Crippen molar-refractivity contribution >= 4 is 0 Å². The minimum atomic E-state index is -1.72. The zero-order valence-corrected chi connectivity index (χ0v) is 33.7. The highest BCUT2D eigenvalue weighted by molar-refractivity contribution is 5.36. The van der Waals surface area contributed by atoms with Crippen LogP contribution in [0.4, 0.5) is 0 Å². The summed E-state index contributed by atoms with van der Waals surface area (Å²) in [5.41, 5.74) is -1.90. The van der Waals surface area contributed by atoms with Crippen molar-refractivity contribution in [2.75, 3.05) is 19.8 Å². The Bertz CT molecular complexity index is 1490. The minimum Gasteiger partial charge on any atom is -0.396 e. The quantitative estimate of drug-likeness (QED) is 0.143. The smallest absolute Gasteiger partial charge is 0.187 e. The lowest BCUT2D eigenvalue weighted by atomic mass is 9.32. The lowest BCUT2D eigenvalue weighted by molar-refractivity contribution is -0.367. The molecule has 8 aliphatic rings. The van der Waals surface area contributed by atoms with Gasteiger partial charge < -0.3 is 64.5 Å². The van der Waals surface area contributed by atoms with Crippen LogP contribution in [0.1, 0.15) is 99.8 Å². The Morgan fingerprint density at radius 3 is 2.13 bits per heavy atom. The van der Waals surface area contributed by atoms with E-state index in [2.05, 4.69) is 53.7 Å². The Balaban J connectivity index is 1.05. The predicted octanol–water partition coefficient (Wildman–Crippen LogP) is 1.78. The molecule has 0 unspecified atom stereocenters. The largest absolute Gasteiger partial charge is 0.396 e. The number of aliphatic hydroxyl groups is 8. The molecule has 21 atom stereocenters. The highest BCUT2D eigenvalue weighted by Crippen LogP contribution is 2.79. The summed E-state index contributed by atoms with van der Waals surface area (Å²) in [5, 5.41) is 87.0. The summed E-state index contributed by atoms with van der Waals surface area (Å²) in [6.45, 7) is 15.4. The molecule has 5 aliphatic carbocycles. The van der Waals surface area contributed by atoms with Crippen LogP contribution >= 0.6 is 0 Å². The fraction of sp³-hybridized carbons (Fsp3) is 0.952. The third kappa shape index (κ3) is 5.44. The van der Waals surface area contributed by atoms with Gasteiger partial charge in [0.15, 0.2) is 12.6 Å². The van der Waals surface area contributed by atoms with Crippen LogP contribution in [0.2, 0.25) is 0 Å². The van der Waals surface area contributed by atoms with E-state index in [1.165, 1.54) is 0 Å². The van der Waals surface area contributed by atoms with E-state index in [1.54, 1.807) is 6.92 Å². The van der Waals surface area contributed by atoms with Crippen LogP contribution in [0.15, 0.2) is 12.2 Å². The van der Waals surface area contributed by atoms with Gasteiger partial charge >= 0.3 is 0 Å². The molecule has 1 spiro atoms. The molecule has 7 fully saturated rings. The van der Waals surface area contributed by atoms with Crippen molar-refractivity contribution < 1.29 is 64.5 Å². The van der Waals surface area contributed by atoms with Gasteiger partial charge in [-0.2, -0.15) is 0 Å². The molecule has 0 aromatic heterocycles. The number of hydrogen-bond acceptors (Lipinski definition) is 13. The summed E-state index contributed by atoms with van der Waals surface area (Å²) in [4.78, 5) is 0. The molecule has 0 radical (unpaired) electrons. The molecule has 0 aromatic rings. The van der Waals surface area contributed by atoms with Crippen LogP contribution in [0.25, 0.3) is 0 Å². The van der Waals surface area contributed by atoms with Crippen molar-refractivity contribution in [3.05, 3.63) is 12.2 Å². The molecule has 0 aromatic carbocycles. The first-order chi connectivity index (χ1) is 25.7. The van der Waals surface area contributed by atoms with Gasteiger partial charge in [0.05, 0.1) is 43.7 Å². The molecule has 3 aliphatic heterocycles. The maximum atomic E-state index is 12.1. The van der Waals surface area contributed by atoms with E-state index in [0.29, 0.717) is 19.4 Å². The first-order valence-electron chi connectivity index (χ1n) is 20.9. The molecule has 2 bridgehead atoms. The lowest BCUT2D eigenvalue weighted by Gasteiger charge is -2.73. The van der Waals surface area contributed by atoms with Crippen LogP contribution in [-0.2, 0) is 23.7 Å². The number of rotatable bonds is 6. The number of hydrogen-bond donors (Lipinski definition) is 8. The van der Waals surface area contributed by atoms with E-state index >= 15 is 0 Å². The van der Waals surface area contributed by atoms with Gasteiger partial charge in [-0.05, 0) is 86.4 Å². The average molecular weight is 781 g/mol. The predicted molar refractivity (Wildman–Crippen MR) is 197 cm³/mol. The second-order valence-corrected chi connectivity index (χ2v) is 21.0. The minimum absolute atomic E-state index is 0.0414. The number of allylic oxidation sites excluding steroid dienone is 1. The molecule has 3 saturated heterocycles. The SMILES string of the molecule is C[C@@H]1O[C@H](O[C@@H]2CC[C@@]3(C)[C@H](CC[C@]4(C)[C@@H]3C=C[C@]35OC[C@@]6(CCC(C)(C)C[C@H]63)[C@H](O)C[C@@]54C)[C@@]2(C)CO)[C@H](O)[C@@H](O[C@H]2O[C@@H](CO)[C@H](O)[C@@H](O)[C@@H]2O)[C@@H]1O.